The SMILES string of the molecule is CCOc1cc(CNC2CCCCCC2)c(Cl)cc1OC. The summed E-state index contributed by atoms with van der Waals surface area (Å²) in [6.07, 6.45) is 7.94. The topological polar surface area (TPSA) is 30.5 Å². The normalized spacial score (nSPS) is 16.5. The summed E-state index contributed by atoms with van der Waals surface area (Å²) >= 11 is 6.35. The standard InChI is InChI=1S/C17H26ClNO2/c1-3-21-17-10-13(15(18)11-16(17)20-2)12-19-14-8-6-4-5-7-9-14/h10-11,14,19H,3-9,12H2,1-2H3. The highest BCUT2D eigenvalue weighted by atomic mass is 35.5. The molecular weight excluding hydrogens is 286 g/mol. The Balaban J connectivity index is 2.02. The quantitative estimate of drug-likeness (QED) is 0.781. The Labute approximate surface area is 133 Å². The van der Waals surface area contributed by atoms with Gasteiger partial charge in [-0.05, 0) is 31.4 Å². The van der Waals surface area contributed by atoms with Crippen LogP contribution in [0.25, 0.3) is 0 Å². The van der Waals surface area contributed by atoms with E-state index in [2.05, 4.69) is 5.32 Å². The first-order chi connectivity index (χ1) is 10.2. The molecule has 0 heterocycles. The summed E-state index contributed by atoms with van der Waals surface area (Å²) in [4.78, 5) is 0. The fourth-order valence-corrected chi connectivity index (χ4v) is 3.10. The highest BCUT2D eigenvalue weighted by Crippen LogP contribution is 2.33. The van der Waals surface area contributed by atoms with Gasteiger partial charge >= 0.3 is 0 Å². The number of methoxy groups -OCH3 is 1. The fraction of sp³-hybridized carbons (Fsp3) is 0.647. The first-order valence-corrected chi connectivity index (χ1v) is 8.35. The highest BCUT2D eigenvalue weighted by molar-refractivity contribution is 6.31. The van der Waals surface area contributed by atoms with Crippen molar-refractivity contribution in [1.29, 1.82) is 0 Å². The molecule has 0 unspecified atom stereocenters. The summed E-state index contributed by atoms with van der Waals surface area (Å²) in [5.74, 6) is 1.46. The number of benzene rings is 1. The van der Waals surface area contributed by atoms with E-state index >= 15 is 0 Å². The van der Waals surface area contributed by atoms with Crippen LogP contribution >= 0.6 is 11.6 Å². The number of rotatable bonds is 6. The Hall–Kier alpha value is -0.930. The van der Waals surface area contributed by atoms with Gasteiger partial charge in [-0.1, -0.05) is 37.3 Å². The van der Waals surface area contributed by atoms with Gasteiger partial charge in [0.05, 0.1) is 13.7 Å². The Bertz CT molecular complexity index is 443. The van der Waals surface area contributed by atoms with E-state index in [9.17, 15) is 0 Å². The molecule has 1 N–H and O–H groups in total. The number of halogens is 1. The van der Waals surface area contributed by atoms with E-state index in [0.29, 0.717) is 18.4 Å². The highest BCUT2D eigenvalue weighted by Gasteiger charge is 2.14. The van der Waals surface area contributed by atoms with E-state index in [1.165, 1.54) is 38.5 Å². The summed E-state index contributed by atoms with van der Waals surface area (Å²) in [6.45, 7) is 3.37. The molecule has 21 heavy (non-hydrogen) atoms. The van der Waals surface area contributed by atoms with Crippen molar-refractivity contribution in [2.45, 2.75) is 58.0 Å². The molecule has 0 bridgehead atoms. The van der Waals surface area contributed by atoms with Gasteiger partial charge < -0.3 is 14.8 Å². The zero-order chi connectivity index (χ0) is 15.1. The molecule has 0 spiro atoms. The largest absolute Gasteiger partial charge is 0.493 e. The van der Waals surface area contributed by atoms with Crippen molar-refractivity contribution in [1.82, 2.24) is 5.32 Å². The van der Waals surface area contributed by atoms with Crippen LogP contribution in [0, 0.1) is 0 Å². The van der Waals surface area contributed by atoms with E-state index in [0.717, 1.165) is 22.9 Å². The molecule has 2 rings (SSSR count). The second-order valence-electron chi connectivity index (χ2n) is 5.60. The average Bonchev–Trinajstić information content (AvgIpc) is 2.76. The molecule has 118 valence electrons. The van der Waals surface area contributed by atoms with E-state index in [1.54, 1.807) is 7.11 Å². The van der Waals surface area contributed by atoms with Crippen LogP contribution in [0.5, 0.6) is 11.5 Å². The van der Waals surface area contributed by atoms with Crippen LogP contribution in [0.3, 0.4) is 0 Å². The zero-order valence-electron chi connectivity index (χ0n) is 13.1. The third kappa shape index (κ3) is 4.79. The fourth-order valence-electron chi connectivity index (χ4n) is 2.88. The minimum atomic E-state index is 0.612. The van der Waals surface area contributed by atoms with Crippen LogP contribution in [0.1, 0.15) is 51.0 Å². The van der Waals surface area contributed by atoms with Crippen LogP contribution in [0.4, 0.5) is 0 Å². The van der Waals surface area contributed by atoms with Gasteiger partial charge in [-0.2, -0.15) is 0 Å². The second-order valence-corrected chi connectivity index (χ2v) is 6.00. The van der Waals surface area contributed by atoms with Gasteiger partial charge in [0.25, 0.3) is 0 Å². The van der Waals surface area contributed by atoms with Crippen LogP contribution < -0.4 is 14.8 Å². The van der Waals surface area contributed by atoms with Gasteiger partial charge in [-0.15, -0.1) is 0 Å². The van der Waals surface area contributed by atoms with Crippen LogP contribution in [-0.4, -0.2) is 19.8 Å². The molecule has 1 aliphatic rings. The molecular formula is C17H26ClNO2. The van der Waals surface area contributed by atoms with Crippen molar-refractivity contribution in [2.24, 2.45) is 0 Å². The van der Waals surface area contributed by atoms with E-state index in [-0.39, 0.29) is 0 Å². The third-order valence-corrected chi connectivity index (χ3v) is 4.42. The van der Waals surface area contributed by atoms with Gasteiger partial charge in [0.15, 0.2) is 11.5 Å². The molecule has 1 aromatic carbocycles. The summed E-state index contributed by atoms with van der Waals surface area (Å²) in [7, 11) is 1.64. The van der Waals surface area contributed by atoms with Gasteiger partial charge in [-0.3, -0.25) is 0 Å². The van der Waals surface area contributed by atoms with Crippen LogP contribution in [0.15, 0.2) is 12.1 Å². The molecule has 4 heteroatoms. The van der Waals surface area contributed by atoms with E-state index in [1.807, 2.05) is 19.1 Å². The smallest absolute Gasteiger partial charge is 0.162 e. The number of ether oxygens (including phenoxy) is 2. The van der Waals surface area contributed by atoms with Gasteiger partial charge in [0.2, 0.25) is 0 Å². The molecule has 1 fully saturated rings. The molecule has 0 atom stereocenters. The number of nitrogens with one attached hydrogen (secondary N) is 1. The number of hydrogen-bond acceptors (Lipinski definition) is 3. The van der Waals surface area contributed by atoms with Crippen molar-refractivity contribution in [2.75, 3.05) is 13.7 Å². The summed E-state index contributed by atoms with van der Waals surface area (Å²) < 4.78 is 10.9. The van der Waals surface area contributed by atoms with Crippen molar-refractivity contribution < 1.29 is 9.47 Å². The summed E-state index contributed by atoms with van der Waals surface area (Å²) in [5, 5.41) is 4.38. The maximum Gasteiger partial charge on any atom is 0.162 e. The van der Waals surface area contributed by atoms with Crippen molar-refractivity contribution >= 4 is 11.6 Å². The Morgan fingerprint density at radius 3 is 2.48 bits per heavy atom. The molecule has 1 aromatic rings. The summed E-state index contributed by atoms with van der Waals surface area (Å²) in [5.41, 5.74) is 1.07. The molecule has 0 aliphatic heterocycles. The average molecular weight is 312 g/mol. The molecule has 3 nitrogen and oxygen atoms in total. The lowest BCUT2D eigenvalue weighted by Gasteiger charge is -2.18. The van der Waals surface area contributed by atoms with E-state index < -0.39 is 0 Å². The lowest BCUT2D eigenvalue weighted by Crippen LogP contribution is -2.28. The minimum absolute atomic E-state index is 0.612. The predicted molar refractivity (Wildman–Crippen MR) is 87.5 cm³/mol. The Morgan fingerprint density at radius 1 is 1.14 bits per heavy atom. The van der Waals surface area contributed by atoms with E-state index in [4.69, 9.17) is 21.1 Å². The summed E-state index contributed by atoms with van der Waals surface area (Å²) in [6, 6.07) is 4.45. The predicted octanol–water partition coefficient (Wildman–Crippen LogP) is 4.56. The molecule has 0 aromatic heterocycles. The molecule has 1 saturated carbocycles. The number of hydrogen-bond donors (Lipinski definition) is 1. The van der Waals surface area contributed by atoms with Crippen molar-refractivity contribution in [3.63, 3.8) is 0 Å². The Morgan fingerprint density at radius 2 is 1.86 bits per heavy atom. The van der Waals surface area contributed by atoms with Gasteiger partial charge in [-0.25, -0.2) is 0 Å². The monoisotopic (exact) mass is 311 g/mol. The van der Waals surface area contributed by atoms with Gasteiger partial charge in [0.1, 0.15) is 0 Å². The van der Waals surface area contributed by atoms with Crippen LogP contribution in [0.2, 0.25) is 5.02 Å². The lowest BCUT2D eigenvalue weighted by atomic mass is 10.1. The lowest BCUT2D eigenvalue weighted by molar-refractivity contribution is 0.310. The van der Waals surface area contributed by atoms with Crippen molar-refractivity contribution in [3.05, 3.63) is 22.7 Å². The zero-order valence-corrected chi connectivity index (χ0v) is 13.8. The molecule has 1 aliphatic carbocycles. The second kappa shape index (κ2) is 8.50. The third-order valence-electron chi connectivity index (χ3n) is 4.07. The molecule has 0 radical (unpaired) electrons. The first-order valence-electron chi connectivity index (χ1n) is 7.97. The Kier molecular flexibility index (Phi) is 6.65. The van der Waals surface area contributed by atoms with Gasteiger partial charge in [0, 0.05) is 23.7 Å². The minimum Gasteiger partial charge on any atom is -0.493 e. The van der Waals surface area contributed by atoms with Crippen LogP contribution in [-0.2, 0) is 6.54 Å². The maximum atomic E-state index is 6.35. The first kappa shape index (κ1) is 16.4. The molecule has 0 amide bonds. The van der Waals surface area contributed by atoms with Crippen molar-refractivity contribution in [3.8, 4) is 11.5 Å². The maximum absolute atomic E-state index is 6.35. The molecule has 0 saturated heterocycles.